The van der Waals surface area contributed by atoms with Crippen molar-refractivity contribution in [3.63, 3.8) is 0 Å². The third-order valence-electron chi connectivity index (χ3n) is 3.97. The number of rotatable bonds is 3. The van der Waals surface area contributed by atoms with Crippen molar-refractivity contribution in [2.24, 2.45) is 0 Å². The molecule has 4 rings (SSSR count). The van der Waals surface area contributed by atoms with E-state index in [0.29, 0.717) is 0 Å². The minimum Gasteiger partial charge on any atom is -0.478 e. The Morgan fingerprint density at radius 3 is 2.35 bits per heavy atom. The van der Waals surface area contributed by atoms with E-state index in [2.05, 4.69) is 15.0 Å². The number of aromatic nitrogens is 3. The molecule has 0 radical (unpaired) electrons. The van der Waals surface area contributed by atoms with Gasteiger partial charge in [0.25, 0.3) is 0 Å². The fraction of sp³-hybridized carbons (Fsp3) is 0.0625. The molecule has 0 aliphatic carbocycles. The first-order valence-electron chi connectivity index (χ1n) is 7.24. The third-order valence-corrected chi connectivity index (χ3v) is 3.97. The third kappa shape index (κ3) is 2.02. The van der Waals surface area contributed by atoms with E-state index in [4.69, 9.17) is 4.42 Å². The van der Waals surface area contributed by atoms with Gasteiger partial charge in [0.15, 0.2) is 11.5 Å². The van der Waals surface area contributed by atoms with E-state index in [1.54, 1.807) is 6.92 Å². The van der Waals surface area contributed by atoms with Crippen molar-refractivity contribution in [3.05, 3.63) is 35.0 Å². The lowest BCUT2D eigenvalue weighted by atomic mass is 10.0. The highest BCUT2D eigenvalue weighted by atomic mass is 16.4. The van der Waals surface area contributed by atoms with Gasteiger partial charge < -0.3 is 24.7 Å². The zero-order valence-electron chi connectivity index (χ0n) is 13.0. The van der Waals surface area contributed by atoms with Crippen molar-refractivity contribution in [2.75, 3.05) is 0 Å². The quantitative estimate of drug-likeness (QED) is 0.431. The van der Waals surface area contributed by atoms with Crippen LogP contribution in [0.3, 0.4) is 0 Å². The van der Waals surface area contributed by atoms with Crippen LogP contribution in [0, 0.1) is 6.92 Å². The van der Waals surface area contributed by atoms with E-state index < -0.39 is 17.9 Å². The summed E-state index contributed by atoms with van der Waals surface area (Å²) >= 11 is 0. The van der Waals surface area contributed by atoms with Gasteiger partial charge >= 0.3 is 17.9 Å². The molecule has 130 valence electrons. The number of benzene rings is 1. The highest BCUT2D eigenvalue weighted by molar-refractivity contribution is 6.26. The number of carboxylic acids is 3. The fourth-order valence-corrected chi connectivity index (χ4v) is 2.96. The largest absolute Gasteiger partial charge is 0.478 e. The summed E-state index contributed by atoms with van der Waals surface area (Å²) in [5.41, 5.74) is -0.426. The van der Waals surface area contributed by atoms with Gasteiger partial charge in [0, 0.05) is 17.7 Å². The van der Waals surface area contributed by atoms with Crippen LogP contribution in [0.5, 0.6) is 0 Å². The molecule has 0 spiro atoms. The fourth-order valence-electron chi connectivity index (χ4n) is 2.96. The first-order valence-corrected chi connectivity index (χ1v) is 7.24. The second-order valence-corrected chi connectivity index (χ2v) is 5.58. The monoisotopic (exact) mass is 355 g/mol. The van der Waals surface area contributed by atoms with Gasteiger partial charge in [-0.25, -0.2) is 24.4 Å². The van der Waals surface area contributed by atoms with Crippen molar-refractivity contribution in [3.8, 4) is 0 Å². The molecule has 0 saturated carbocycles. The normalized spacial score (nSPS) is 11.4. The highest BCUT2D eigenvalue weighted by Gasteiger charge is 2.25. The molecule has 0 unspecified atom stereocenters. The lowest BCUT2D eigenvalue weighted by Crippen LogP contribution is -2.07. The molecule has 10 nitrogen and oxygen atoms in total. The van der Waals surface area contributed by atoms with Gasteiger partial charge in [-0.15, -0.1) is 0 Å². The van der Waals surface area contributed by atoms with Crippen LogP contribution in [0.1, 0.15) is 37.2 Å². The molecule has 0 aliphatic heterocycles. The van der Waals surface area contributed by atoms with Crippen LogP contribution in [0.25, 0.3) is 32.9 Å². The van der Waals surface area contributed by atoms with E-state index in [-0.39, 0.29) is 55.7 Å². The Kier molecular flexibility index (Phi) is 3.01. The minimum atomic E-state index is -1.38. The standard InChI is InChI=1S/C16H9N3O7/c1-4-17-12-11-9(5(14(20)21)2-7(19-11)15(22)23)10-6(13(12)26-4)3-8(18-10)16(24)25/h2-3,19H,1H3,(H,20,21)(H,22,23)(H,24,25). The molecule has 26 heavy (non-hydrogen) atoms. The van der Waals surface area contributed by atoms with E-state index in [1.807, 2.05) is 0 Å². The van der Waals surface area contributed by atoms with Gasteiger partial charge in [-0.2, -0.15) is 0 Å². The Balaban J connectivity index is 2.35. The summed E-state index contributed by atoms with van der Waals surface area (Å²) in [5, 5.41) is 28.4. The van der Waals surface area contributed by atoms with Gasteiger partial charge in [-0.05, 0) is 12.1 Å². The lowest BCUT2D eigenvalue weighted by molar-refractivity contribution is 0.0678. The van der Waals surface area contributed by atoms with E-state index >= 15 is 0 Å². The number of carbonyl (C=O) groups is 3. The van der Waals surface area contributed by atoms with E-state index in [0.717, 1.165) is 6.07 Å². The predicted octanol–water partition coefficient (Wildman–Crippen LogP) is 2.26. The summed E-state index contributed by atoms with van der Waals surface area (Å²) < 4.78 is 5.52. The molecule has 0 aliphatic rings. The molecule has 3 heterocycles. The molecule has 0 fully saturated rings. The van der Waals surface area contributed by atoms with Crippen LogP contribution in [0.15, 0.2) is 16.5 Å². The molecular weight excluding hydrogens is 346 g/mol. The number of hydrogen-bond donors (Lipinski definition) is 4. The number of carboxylic acid groups (broad SMARTS) is 3. The maximum absolute atomic E-state index is 11.7. The topological polar surface area (TPSA) is 167 Å². The van der Waals surface area contributed by atoms with Gasteiger partial charge in [0.1, 0.15) is 16.9 Å². The van der Waals surface area contributed by atoms with Gasteiger partial charge in [-0.1, -0.05) is 0 Å². The Hall–Kier alpha value is -3.95. The number of pyridine rings is 1. The number of nitrogens with one attached hydrogen (secondary N) is 1. The predicted molar refractivity (Wildman–Crippen MR) is 86.8 cm³/mol. The molecule has 4 N–H and O–H groups in total. The molecule has 0 bridgehead atoms. The van der Waals surface area contributed by atoms with Crippen molar-refractivity contribution in [1.29, 1.82) is 0 Å². The SMILES string of the molecule is Cc1nc2c3[nH]c(C(=O)O)cc(C(=O)O)c3c3nc(C(=O)O)cc3c2o1. The van der Waals surface area contributed by atoms with Crippen LogP contribution in [-0.4, -0.2) is 48.2 Å². The van der Waals surface area contributed by atoms with Gasteiger partial charge in [0.2, 0.25) is 0 Å². The Morgan fingerprint density at radius 2 is 1.73 bits per heavy atom. The second kappa shape index (κ2) is 5.02. The number of aromatic carboxylic acids is 3. The number of oxazole rings is 1. The molecule has 0 atom stereocenters. The van der Waals surface area contributed by atoms with Crippen LogP contribution in [0.2, 0.25) is 0 Å². The average molecular weight is 355 g/mol. The first kappa shape index (κ1) is 15.6. The summed E-state index contributed by atoms with van der Waals surface area (Å²) in [6.07, 6.45) is 0. The summed E-state index contributed by atoms with van der Waals surface area (Å²) in [7, 11) is 0. The molecule has 3 aromatic heterocycles. The van der Waals surface area contributed by atoms with Crippen LogP contribution < -0.4 is 0 Å². The highest BCUT2D eigenvalue weighted by Crippen LogP contribution is 2.36. The maximum atomic E-state index is 11.7. The van der Waals surface area contributed by atoms with Crippen LogP contribution in [0.4, 0.5) is 0 Å². The Labute approximate surface area is 142 Å². The summed E-state index contributed by atoms with van der Waals surface area (Å²) in [4.78, 5) is 45.2. The molecule has 1 aromatic carbocycles. The maximum Gasteiger partial charge on any atom is 0.354 e. The number of hydrogen-bond acceptors (Lipinski definition) is 6. The molecule has 10 heteroatoms. The second-order valence-electron chi connectivity index (χ2n) is 5.58. The lowest BCUT2D eigenvalue weighted by Gasteiger charge is -2.07. The smallest absolute Gasteiger partial charge is 0.354 e. The number of H-pyrrole nitrogens is 1. The molecular formula is C16H9N3O7. The van der Waals surface area contributed by atoms with Crippen molar-refractivity contribution in [1.82, 2.24) is 15.0 Å². The average Bonchev–Trinajstić information content (AvgIpc) is 3.17. The minimum absolute atomic E-state index is 0.0609. The summed E-state index contributed by atoms with van der Waals surface area (Å²) in [6, 6.07) is 2.22. The summed E-state index contributed by atoms with van der Waals surface area (Å²) in [6.45, 7) is 1.56. The number of fused-ring (bicyclic) bond motifs is 6. The Bertz CT molecular complexity index is 1280. The number of aryl methyl sites for hydroxylation is 1. The number of nitrogens with zero attached hydrogens (tertiary/aromatic N) is 2. The first-order chi connectivity index (χ1) is 12.3. The number of aromatic amines is 1. The Morgan fingerprint density at radius 1 is 1.00 bits per heavy atom. The van der Waals surface area contributed by atoms with Crippen LogP contribution >= 0.6 is 0 Å². The van der Waals surface area contributed by atoms with Crippen LogP contribution in [-0.2, 0) is 0 Å². The zero-order chi connectivity index (χ0) is 18.7. The van der Waals surface area contributed by atoms with Crippen molar-refractivity contribution >= 4 is 50.8 Å². The molecule has 0 amide bonds. The molecule has 4 aromatic rings. The van der Waals surface area contributed by atoms with E-state index in [1.165, 1.54) is 6.07 Å². The van der Waals surface area contributed by atoms with Gasteiger partial charge in [0.05, 0.1) is 16.6 Å². The molecule has 0 saturated heterocycles. The van der Waals surface area contributed by atoms with E-state index in [9.17, 15) is 29.7 Å². The van der Waals surface area contributed by atoms with Crippen molar-refractivity contribution in [2.45, 2.75) is 6.92 Å². The van der Waals surface area contributed by atoms with Crippen molar-refractivity contribution < 1.29 is 34.1 Å². The van der Waals surface area contributed by atoms with Gasteiger partial charge in [-0.3, -0.25) is 0 Å². The summed E-state index contributed by atoms with van der Waals surface area (Å²) in [5.74, 6) is -3.78. The zero-order valence-corrected chi connectivity index (χ0v) is 13.0.